The Kier molecular flexibility index (Phi) is 5.31. The Morgan fingerprint density at radius 3 is 2.27 bits per heavy atom. The van der Waals surface area contributed by atoms with Crippen molar-refractivity contribution < 1.29 is 18.0 Å². The van der Waals surface area contributed by atoms with Crippen LogP contribution in [0.1, 0.15) is 33.0 Å². The third kappa shape index (κ3) is 4.08. The maximum Gasteiger partial charge on any atom is 0.416 e. The van der Waals surface area contributed by atoms with E-state index in [4.69, 9.17) is 0 Å². The minimum absolute atomic E-state index is 0.110. The highest BCUT2D eigenvalue weighted by Gasteiger charge is 2.30. The molecule has 4 rings (SSSR count). The summed E-state index contributed by atoms with van der Waals surface area (Å²) in [6, 6.07) is 22.0. The van der Waals surface area contributed by atoms with Gasteiger partial charge in [-0.05, 0) is 41.5 Å². The molecule has 30 heavy (non-hydrogen) atoms. The smallest absolute Gasteiger partial charge is 0.361 e. The van der Waals surface area contributed by atoms with Gasteiger partial charge in [0.2, 0.25) is 0 Å². The summed E-state index contributed by atoms with van der Waals surface area (Å²) in [4.78, 5) is 15.8. The fraction of sp³-hybridized carbons (Fsp3) is 0.125. The van der Waals surface area contributed by atoms with Crippen molar-refractivity contribution in [2.45, 2.75) is 12.1 Å². The Morgan fingerprint density at radius 2 is 1.57 bits per heavy atom. The van der Waals surface area contributed by atoms with Gasteiger partial charge in [-0.3, -0.25) is 4.79 Å². The number of nitrogens with one attached hydrogen (secondary N) is 2. The molecular formula is C24H19F3N2O. The second-order valence-corrected chi connectivity index (χ2v) is 7.04. The molecule has 0 unspecified atom stereocenters. The van der Waals surface area contributed by atoms with Crippen LogP contribution >= 0.6 is 0 Å². The molecule has 1 heterocycles. The van der Waals surface area contributed by atoms with Gasteiger partial charge < -0.3 is 10.3 Å². The van der Waals surface area contributed by atoms with E-state index in [2.05, 4.69) is 10.3 Å². The Balaban J connectivity index is 1.58. The van der Waals surface area contributed by atoms with Crippen LogP contribution in [0.25, 0.3) is 10.9 Å². The lowest BCUT2D eigenvalue weighted by Gasteiger charge is -2.18. The van der Waals surface area contributed by atoms with E-state index in [-0.39, 0.29) is 11.5 Å². The van der Waals surface area contributed by atoms with Gasteiger partial charge in [-0.15, -0.1) is 0 Å². The number of H-pyrrole nitrogens is 1. The van der Waals surface area contributed by atoms with Crippen LogP contribution in [0.3, 0.4) is 0 Å². The van der Waals surface area contributed by atoms with E-state index in [1.807, 2.05) is 60.8 Å². The highest BCUT2D eigenvalue weighted by atomic mass is 19.4. The first kappa shape index (κ1) is 19.8. The number of aromatic nitrogens is 1. The lowest BCUT2D eigenvalue weighted by Crippen LogP contribution is -2.29. The zero-order valence-corrected chi connectivity index (χ0v) is 15.9. The predicted molar refractivity (Wildman–Crippen MR) is 110 cm³/mol. The highest BCUT2D eigenvalue weighted by Crippen LogP contribution is 2.31. The lowest BCUT2D eigenvalue weighted by atomic mass is 9.91. The Bertz CT molecular complexity index is 1150. The minimum atomic E-state index is -4.43. The fourth-order valence-electron chi connectivity index (χ4n) is 3.58. The number of hydrogen-bond donors (Lipinski definition) is 2. The van der Waals surface area contributed by atoms with Gasteiger partial charge >= 0.3 is 6.18 Å². The van der Waals surface area contributed by atoms with E-state index in [0.29, 0.717) is 6.54 Å². The van der Waals surface area contributed by atoms with Crippen molar-refractivity contribution in [3.8, 4) is 0 Å². The van der Waals surface area contributed by atoms with Gasteiger partial charge in [0, 0.05) is 35.1 Å². The molecule has 0 fully saturated rings. The Labute approximate surface area is 171 Å². The van der Waals surface area contributed by atoms with E-state index < -0.39 is 17.6 Å². The topological polar surface area (TPSA) is 44.9 Å². The van der Waals surface area contributed by atoms with Crippen molar-refractivity contribution in [1.29, 1.82) is 0 Å². The number of amides is 1. The van der Waals surface area contributed by atoms with Crippen LogP contribution in [0.15, 0.2) is 85.1 Å². The number of para-hydroxylation sites is 1. The predicted octanol–water partition coefficient (Wildman–Crippen LogP) is 5.75. The molecule has 0 bridgehead atoms. The van der Waals surface area contributed by atoms with Crippen LogP contribution in [0.5, 0.6) is 0 Å². The van der Waals surface area contributed by atoms with Gasteiger partial charge in [-0.2, -0.15) is 13.2 Å². The normalized spacial score (nSPS) is 12.6. The van der Waals surface area contributed by atoms with Crippen molar-refractivity contribution in [3.05, 3.63) is 107 Å². The van der Waals surface area contributed by atoms with Crippen LogP contribution < -0.4 is 5.32 Å². The van der Waals surface area contributed by atoms with Gasteiger partial charge in [-0.25, -0.2) is 0 Å². The van der Waals surface area contributed by atoms with Crippen LogP contribution in [0.4, 0.5) is 13.2 Å². The number of rotatable bonds is 5. The van der Waals surface area contributed by atoms with Crippen molar-refractivity contribution >= 4 is 16.8 Å². The molecule has 0 aliphatic carbocycles. The number of fused-ring (bicyclic) bond motifs is 1. The molecule has 0 aliphatic heterocycles. The summed E-state index contributed by atoms with van der Waals surface area (Å²) in [5, 5.41) is 3.94. The first-order valence-corrected chi connectivity index (χ1v) is 9.50. The number of benzene rings is 3. The highest BCUT2D eigenvalue weighted by molar-refractivity contribution is 5.94. The van der Waals surface area contributed by atoms with E-state index >= 15 is 0 Å². The standard InChI is InChI=1S/C24H19F3N2O/c25-24(26,27)18-12-10-17(11-13-18)23(30)29-14-20(16-6-2-1-3-7-16)21-15-28-22-9-5-4-8-19(21)22/h1-13,15,20,28H,14H2,(H,29,30)/t20-/m1/s1. The molecule has 1 aromatic heterocycles. The van der Waals surface area contributed by atoms with E-state index in [9.17, 15) is 18.0 Å². The Morgan fingerprint density at radius 1 is 0.900 bits per heavy atom. The van der Waals surface area contributed by atoms with Crippen molar-refractivity contribution in [3.63, 3.8) is 0 Å². The van der Waals surface area contributed by atoms with Crippen molar-refractivity contribution in [2.24, 2.45) is 0 Å². The molecule has 1 atom stereocenters. The summed E-state index contributed by atoms with van der Waals surface area (Å²) in [6.45, 7) is 0.311. The summed E-state index contributed by atoms with van der Waals surface area (Å²) >= 11 is 0. The molecule has 152 valence electrons. The summed E-state index contributed by atoms with van der Waals surface area (Å²) in [5.74, 6) is -0.523. The average molecular weight is 408 g/mol. The van der Waals surface area contributed by atoms with Gasteiger partial charge in [0.1, 0.15) is 0 Å². The largest absolute Gasteiger partial charge is 0.416 e. The zero-order chi connectivity index (χ0) is 21.1. The third-order valence-electron chi connectivity index (χ3n) is 5.14. The first-order chi connectivity index (χ1) is 14.4. The molecule has 3 nitrogen and oxygen atoms in total. The zero-order valence-electron chi connectivity index (χ0n) is 15.9. The van der Waals surface area contributed by atoms with E-state index in [1.54, 1.807) is 0 Å². The molecule has 4 aromatic rings. The number of carbonyl (C=O) groups excluding carboxylic acids is 1. The van der Waals surface area contributed by atoms with Crippen molar-refractivity contribution in [2.75, 3.05) is 6.54 Å². The van der Waals surface area contributed by atoms with Crippen LogP contribution in [0.2, 0.25) is 0 Å². The molecule has 0 saturated heterocycles. The maximum atomic E-state index is 12.7. The van der Waals surface area contributed by atoms with Gasteiger partial charge in [-0.1, -0.05) is 48.5 Å². The maximum absolute atomic E-state index is 12.7. The SMILES string of the molecule is O=C(NC[C@H](c1ccccc1)c1c[nH]c2ccccc12)c1ccc(C(F)(F)F)cc1. The molecular weight excluding hydrogens is 389 g/mol. The van der Waals surface area contributed by atoms with Crippen LogP contribution in [-0.4, -0.2) is 17.4 Å². The second kappa shape index (κ2) is 8.06. The molecule has 6 heteroatoms. The fourth-order valence-corrected chi connectivity index (χ4v) is 3.58. The Hall–Kier alpha value is -3.54. The summed E-state index contributed by atoms with van der Waals surface area (Å²) in [7, 11) is 0. The summed E-state index contributed by atoms with van der Waals surface area (Å²) in [6.07, 6.45) is -2.49. The molecule has 2 N–H and O–H groups in total. The molecule has 0 spiro atoms. The number of halogens is 3. The first-order valence-electron chi connectivity index (χ1n) is 9.50. The average Bonchev–Trinajstić information content (AvgIpc) is 3.18. The molecule has 0 aliphatic rings. The third-order valence-corrected chi connectivity index (χ3v) is 5.14. The lowest BCUT2D eigenvalue weighted by molar-refractivity contribution is -0.137. The summed E-state index contributed by atoms with van der Waals surface area (Å²) < 4.78 is 38.2. The number of carbonyl (C=O) groups is 1. The van der Waals surface area contributed by atoms with Crippen LogP contribution in [-0.2, 0) is 6.18 Å². The van der Waals surface area contributed by atoms with Crippen LogP contribution in [0, 0.1) is 0 Å². The molecule has 1 amide bonds. The van der Waals surface area contributed by atoms with E-state index in [0.717, 1.165) is 34.2 Å². The monoisotopic (exact) mass is 408 g/mol. The second-order valence-electron chi connectivity index (χ2n) is 7.04. The van der Waals surface area contributed by atoms with Gasteiger partial charge in [0.05, 0.1) is 5.56 Å². The number of alkyl halides is 3. The van der Waals surface area contributed by atoms with E-state index in [1.165, 1.54) is 12.1 Å². The minimum Gasteiger partial charge on any atom is -0.361 e. The van der Waals surface area contributed by atoms with Gasteiger partial charge in [0.25, 0.3) is 5.91 Å². The molecule has 3 aromatic carbocycles. The van der Waals surface area contributed by atoms with Gasteiger partial charge in [0.15, 0.2) is 0 Å². The number of hydrogen-bond acceptors (Lipinski definition) is 1. The quantitative estimate of drug-likeness (QED) is 0.434. The molecule has 0 saturated carbocycles. The summed E-state index contributed by atoms with van der Waals surface area (Å²) in [5.41, 5.74) is 2.50. The van der Waals surface area contributed by atoms with Crippen molar-refractivity contribution in [1.82, 2.24) is 10.3 Å². The number of aromatic amines is 1. The molecule has 0 radical (unpaired) electrons.